The Morgan fingerprint density at radius 1 is 1.34 bits per heavy atom. The number of nitrogens with one attached hydrogen (secondary N) is 1. The summed E-state index contributed by atoms with van der Waals surface area (Å²) in [6.45, 7) is 0.437. The van der Waals surface area contributed by atoms with Gasteiger partial charge < -0.3 is 19.5 Å². The highest BCUT2D eigenvalue weighted by Gasteiger charge is 2.47. The topological polar surface area (TPSA) is 68.7 Å². The first kappa shape index (κ1) is 19.0. The van der Waals surface area contributed by atoms with Crippen molar-refractivity contribution in [3.63, 3.8) is 0 Å². The van der Waals surface area contributed by atoms with Crippen LogP contribution in [0.15, 0.2) is 6.07 Å². The molecule has 3 aliphatic heterocycles. The molecule has 7 nitrogen and oxygen atoms in total. The second kappa shape index (κ2) is 7.03. The predicted octanol–water partition coefficient (Wildman–Crippen LogP) is 3.06. The SMILES string of the molecule is Fc1cc(Cl)c2c3c(nc(OC[C@@H]4CC[C@H]5COC(F)(F)CN45)nc13)NCCO2. The van der Waals surface area contributed by atoms with Crippen LogP contribution in [0.5, 0.6) is 11.8 Å². The molecule has 3 aliphatic rings. The van der Waals surface area contributed by atoms with Gasteiger partial charge in [0.05, 0.1) is 30.1 Å². The smallest absolute Gasteiger partial charge is 0.368 e. The fraction of sp³-hybridized carbons (Fsp3) is 0.556. The zero-order valence-corrected chi connectivity index (χ0v) is 16.0. The lowest BCUT2D eigenvalue weighted by atomic mass is 10.2. The van der Waals surface area contributed by atoms with Crippen LogP contribution < -0.4 is 14.8 Å². The number of alkyl halides is 2. The summed E-state index contributed by atoms with van der Waals surface area (Å²) in [5.41, 5.74) is 0.0287. The maximum Gasteiger partial charge on any atom is 0.368 e. The Kier molecular flexibility index (Phi) is 4.60. The summed E-state index contributed by atoms with van der Waals surface area (Å²) < 4.78 is 57.6. The van der Waals surface area contributed by atoms with Crippen molar-refractivity contribution in [2.45, 2.75) is 31.0 Å². The molecule has 1 N–H and O–H groups in total. The van der Waals surface area contributed by atoms with Crippen LogP contribution in [0.25, 0.3) is 10.9 Å². The molecule has 29 heavy (non-hydrogen) atoms. The molecular weight excluding hydrogens is 413 g/mol. The van der Waals surface area contributed by atoms with Crippen molar-refractivity contribution in [1.82, 2.24) is 14.9 Å². The minimum Gasteiger partial charge on any atom is -0.489 e. The van der Waals surface area contributed by atoms with Crippen molar-refractivity contribution in [2.75, 3.05) is 38.2 Å². The molecule has 0 radical (unpaired) electrons. The van der Waals surface area contributed by atoms with E-state index in [0.29, 0.717) is 36.5 Å². The van der Waals surface area contributed by atoms with E-state index in [1.165, 1.54) is 0 Å². The summed E-state index contributed by atoms with van der Waals surface area (Å²) in [5.74, 6) is 0.0632. The highest BCUT2D eigenvalue weighted by molar-refractivity contribution is 6.33. The van der Waals surface area contributed by atoms with E-state index in [0.717, 1.165) is 12.5 Å². The first-order valence-electron chi connectivity index (χ1n) is 9.38. The number of benzene rings is 1. The molecule has 0 saturated carbocycles. The van der Waals surface area contributed by atoms with Gasteiger partial charge >= 0.3 is 12.1 Å². The van der Waals surface area contributed by atoms with Gasteiger partial charge in [-0.2, -0.15) is 18.7 Å². The molecular formula is C18H18ClF3N4O3. The number of morpholine rings is 1. The van der Waals surface area contributed by atoms with Crippen molar-refractivity contribution in [3.05, 3.63) is 16.9 Å². The third kappa shape index (κ3) is 3.43. The standard InChI is InChI=1S/C18H18ClF3N4O3/c19-11-5-12(20)14-13-15(11)27-4-3-23-16(13)25-17(24-14)28-6-9-1-2-10-7-29-18(21,22)8-26(9)10/h5,9-10H,1-4,6-8H2,(H,23,24,25)/t9-,10-/m0/s1. The number of fused-ring (bicyclic) bond motifs is 1. The number of halogens is 4. The van der Waals surface area contributed by atoms with E-state index in [2.05, 4.69) is 20.0 Å². The molecule has 2 atom stereocenters. The fourth-order valence-corrected chi connectivity index (χ4v) is 4.37. The predicted molar refractivity (Wildman–Crippen MR) is 98.4 cm³/mol. The van der Waals surface area contributed by atoms with Gasteiger partial charge in [-0.1, -0.05) is 11.6 Å². The van der Waals surface area contributed by atoms with E-state index in [4.69, 9.17) is 21.1 Å². The molecule has 0 bridgehead atoms. The molecule has 4 heterocycles. The summed E-state index contributed by atoms with van der Waals surface area (Å²) in [5, 5.41) is 3.56. The summed E-state index contributed by atoms with van der Waals surface area (Å²) in [4.78, 5) is 10.2. The monoisotopic (exact) mass is 430 g/mol. The van der Waals surface area contributed by atoms with Gasteiger partial charge in [-0.3, -0.25) is 4.90 Å². The Labute approximate surface area is 169 Å². The summed E-state index contributed by atoms with van der Waals surface area (Å²) in [6.07, 6.45) is -1.71. The van der Waals surface area contributed by atoms with Crippen LogP contribution in [0.3, 0.4) is 0 Å². The second-order valence-electron chi connectivity index (χ2n) is 7.34. The van der Waals surface area contributed by atoms with Crippen LogP contribution in [-0.4, -0.2) is 66.0 Å². The Balaban J connectivity index is 1.41. The average molecular weight is 431 g/mol. The molecule has 2 fully saturated rings. The lowest BCUT2D eigenvalue weighted by Gasteiger charge is -2.37. The minimum absolute atomic E-state index is 0.00120. The summed E-state index contributed by atoms with van der Waals surface area (Å²) in [7, 11) is 0. The third-order valence-electron chi connectivity index (χ3n) is 5.48. The van der Waals surface area contributed by atoms with Gasteiger partial charge in [-0.25, -0.2) is 4.39 Å². The number of anilines is 1. The van der Waals surface area contributed by atoms with Gasteiger partial charge in [0.2, 0.25) is 0 Å². The number of ether oxygens (including phenoxy) is 3. The molecule has 1 aromatic heterocycles. The van der Waals surface area contributed by atoms with Crippen LogP contribution >= 0.6 is 11.6 Å². The molecule has 11 heteroatoms. The van der Waals surface area contributed by atoms with Crippen molar-refractivity contribution >= 4 is 28.3 Å². The van der Waals surface area contributed by atoms with E-state index < -0.39 is 18.5 Å². The molecule has 0 spiro atoms. The van der Waals surface area contributed by atoms with Gasteiger partial charge in [0.15, 0.2) is 11.6 Å². The number of rotatable bonds is 3. The molecule has 0 unspecified atom stereocenters. The number of aromatic nitrogens is 2. The maximum atomic E-state index is 14.5. The van der Waals surface area contributed by atoms with E-state index in [9.17, 15) is 13.2 Å². The lowest BCUT2D eigenvalue weighted by molar-refractivity contribution is -0.281. The van der Waals surface area contributed by atoms with Crippen molar-refractivity contribution in [2.24, 2.45) is 0 Å². The minimum atomic E-state index is -3.16. The van der Waals surface area contributed by atoms with Crippen LogP contribution in [0.2, 0.25) is 5.02 Å². The molecule has 0 amide bonds. The second-order valence-corrected chi connectivity index (χ2v) is 7.75. The van der Waals surface area contributed by atoms with E-state index >= 15 is 0 Å². The number of nitrogens with zero attached hydrogens (tertiary/aromatic N) is 3. The Hall–Kier alpha value is -2.04. The van der Waals surface area contributed by atoms with Gasteiger partial charge in [-0.05, 0) is 18.9 Å². The first-order valence-corrected chi connectivity index (χ1v) is 9.76. The van der Waals surface area contributed by atoms with Crippen LogP contribution in [0.1, 0.15) is 12.8 Å². The van der Waals surface area contributed by atoms with Gasteiger partial charge in [0.25, 0.3) is 0 Å². The molecule has 156 valence electrons. The molecule has 1 aromatic carbocycles. The average Bonchev–Trinajstić information content (AvgIpc) is 2.92. The largest absolute Gasteiger partial charge is 0.489 e. The zero-order valence-electron chi connectivity index (χ0n) is 15.3. The summed E-state index contributed by atoms with van der Waals surface area (Å²) >= 11 is 6.11. The van der Waals surface area contributed by atoms with Crippen molar-refractivity contribution in [1.29, 1.82) is 0 Å². The van der Waals surface area contributed by atoms with Crippen molar-refractivity contribution < 1.29 is 27.4 Å². The van der Waals surface area contributed by atoms with Gasteiger partial charge in [-0.15, -0.1) is 0 Å². The third-order valence-corrected chi connectivity index (χ3v) is 5.76. The lowest BCUT2D eigenvalue weighted by Crippen LogP contribution is -2.53. The molecule has 5 rings (SSSR count). The first-order chi connectivity index (χ1) is 13.9. The van der Waals surface area contributed by atoms with E-state index in [-0.39, 0.29) is 41.8 Å². The molecule has 2 aromatic rings. The fourth-order valence-electron chi connectivity index (χ4n) is 4.13. The van der Waals surface area contributed by atoms with Crippen molar-refractivity contribution in [3.8, 4) is 11.8 Å². The Bertz CT molecular complexity index is 964. The van der Waals surface area contributed by atoms with Gasteiger partial charge in [0, 0.05) is 12.1 Å². The van der Waals surface area contributed by atoms with Crippen LogP contribution in [-0.2, 0) is 4.74 Å². The quantitative estimate of drug-likeness (QED) is 0.802. The van der Waals surface area contributed by atoms with E-state index in [1.54, 1.807) is 4.90 Å². The van der Waals surface area contributed by atoms with Gasteiger partial charge in [0.1, 0.15) is 24.5 Å². The Morgan fingerprint density at radius 3 is 3.07 bits per heavy atom. The normalized spacial score (nSPS) is 25.8. The molecule has 2 saturated heterocycles. The molecule has 0 aliphatic carbocycles. The maximum absolute atomic E-state index is 14.5. The van der Waals surface area contributed by atoms with Crippen LogP contribution in [0, 0.1) is 5.82 Å². The summed E-state index contributed by atoms with van der Waals surface area (Å²) in [6, 6.07) is 0.849. The zero-order chi connectivity index (χ0) is 20.2. The van der Waals surface area contributed by atoms with E-state index in [1.807, 2.05) is 0 Å². The number of hydrogen-bond acceptors (Lipinski definition) is 7. The Morgan fingerprint density at radius 2 is 2.21 bits per heavy atom. The highest BCUT2D eigenvalue weighted by Crippen LogP contribution is 2.40. The number of hydrogen-bond donors (Lipinski definition) is 1. The van der Waals surface area contributed by atoms with Crippen LogP contribution in [0.4, 0.5) is 19.0 Å². The highest BCUT2D eigenvalue weighted by atomic mass is 35.5.